The first kappa shape index (κ1) is 18.7. The van der Waals surface area contributed by atoms with E-state index in [0.29, 0.717) is 5.56 Å². The maximum absolute atomic E-state index is 13.8. The molecule has 0 saturated carbocycles. The van der Waals surface area contributed by atoms with Crippen molar-refractivity contribution in [3.8, 4) is 0 Å². The van der Waals surface area contributed by atoms with Crippen LogP contribution in [-0.2, 0) is 9.84 Å². The van der Waals surface area contributed by atoms with Crippen LogP contribution in [0.3, 0.4) is 0 Å². The molecular weight excluding hydrogens is 367 g/mol. The molecule has 27 heavy (non-hydrogen) atoms. The van der Waals surface area contributed by atoms with Crippen LogP contribution in [0.25, 0.3) is 0 Å². The van der Waals surface area contributed by atoms with Crippen LogP contribution in [0.15, 0.2) is 84.0 Å². The van der Waals surface area contributed by atoms with E-state index in [1.54, 1.807) is 30.3 Å². The lowest BCUT2D eigenvalue weighted by Crippen LogP contribution is -2.32. The Morgan fingerprint density at radius 3 is 2.37 bits per heavy atom. The van der Waals surface area contributed by atoms with E-state index in [2.05, 4.69) is 10.3 Å². The molecule has 2 aromatic carbocycles. The third-order valence-corrected chi connectivity index (χ3v) is 6.19. The van der Waals surface area contributed by atoms with Gasteiger partial charge in [0.1, 0.15) is 11.1 Å². The largest absolute Gasteiger partial charge is 0.350 e. The van der Waals surface area contributed by atoms with Gasteiger partial charge in [0.25, 0.3) is 5.91 Å². The zero-order chi connectivity index (χ0) is 19.3. The summed E-state index contributed by atoms with van der Waals surface area (Å²) in [4.78, 5) is 16.4. The lowest BCUT2D eigenvalue weighted by atomic mass is 10.2. The molecule has 138 valence electrons. The zero-order valence-corrected chi connectivity index (χ0v) is 15.1. The summed E-state index contributed by atoms with van der Waals surface area (Å²) in [5.41, 5.74) is 0.301. The number of benzene rings is 2. The van der Waals surface area contributed by atoms with Crippen LogP contribution >= 0.6 is 0 Å². The average Bonchev–Trinajstić information content (AvgIpc) is 2.69. The molecule has 0 aliphatic carbocycles. The Bertz CT molecular complexity index is 1030. The fourth-order valence-corrected chi connectivity index (χ4v) is 4.34. The second kappa shape index (κ2) is 8.09. The van der Waals surface area contributed by atoms with Crippen molar-refractivity contribution in [2.24, 2.45) is 0 Å². The highest BCUT2D eigenvalue weighted by molar-refractivity contribution is 7.91. The highest BCUT2D eigenvalue weighted by atomic mass is 32.2. The number of pyridine rings is 1. The van der Waals surface area contributed by atoms with Gasteiger partial charge >= 0.3 is 0 Å². The van der Waals surface area contributed by atoms with Crippen LogP contribution in [0.2, 0.25) is 0 Å². The predicted octanol–water partition coefficient (Wildman–Crippen LogP) is 3.17. The monoisotopic (exact) mass is 384 g/mol. The van der Waals surface area contributed by atoms with Crippen molar-refractivity contribution in [3.63, 3.8) is 0 Å². The average molecular weight is 384 g/mol. The molecule has 0 aliphatic rings. The Balaban J connectivity index is 1.90. The molecule has 1 atom stereocenters. The number of carbonyl (C=O) groups excluding carboxylic acids is 1. The molecule has 7 heteroatoms. The van der Waals surface area contributed by atoms with Crippen molar-refractivity contribution >= 4 is 15.7 Å². The van der Waals surface area contributed by atoms with Gasteiger partial charge < -0.3 is 5.32 Å². The van der Waals surface area contributed by atoms with Crippen LogP contribution in [0, 0.1) is 5.82 Å². The molecule has 0 saturated heterocycles. The van der Waals surface area contributed by atoms with Gasteiger partial charge in [-0.3, -0.25) is 9.78 Å². The van der Waals surface area contributed by atoms with Crippen molar-refractivity contribution in [1.29, 1.82) is 0 Å². The van der Waals surface area contributed by atoms with E-state index in [1.165, 1.54) is 48.8 Å². The summed E-state index contributed by atoms with van der Waals surface area (Å²) in [5.74, 6) is -1.34. The van der Waals surface area contributed by atoms with Crippen molar-refractivity contribution in [3.05, 3.63) is 96.1 Å². The molecule has 0 spiro atoms. The van der Waals surface area contributed by atoms with Gasteiger partial charge in [-0.15, -0.1) is 0 Å². The number of carbonyl (C=O) groups is 1. The maximum atomic E-state index is 13.8. The topological polar surface area (TPSA) is 76.1 Å². The van der Waals surface area contributed by atoms with E-state index in [4.69, 9.17) is 0 Å². The minimum Gasteiger partial charge on any atom is -0.350 e. The quantitative estimate of drug-likeness (QED) is 0.708. The summed E-state index contributed by atoms with van der Waals surface area (Å²) >= 11 is 0. The van der Waals surface area contributed by atoms with Crippen LogP contribution in [0.5, 0.6) is 0 Å². The molecule has 0 bridgehead atoms. The molecule has 0 fully saturated rings. The van der Waals surface area contributed by atoms with E-state index < -0.39 is 26.8 Å². The van der Waals surface area contributed by atoms with E-state index in [9.17, 15) is 17.6 Å². The first-order chi connectivity index (χ1) is 13.0. The zero-order valence-electron chi connectivity index (χ0n) is 14.2. The number of sulfone groups is 1. The molecule has 1 amide bonds. The number of nitrogens with one attached hydrogen (secondary N) is 1. The third-order valence-electron chi connectivity index (χ3n) is 4.07. The molecule has 1 heterocycles. The van der Waals surface area contributed by atoms with Crippen molar-refractivity contribution in [1.82, 2.24) is 10.3 Å². The van der Waals surface area contributed by atoms with Crippen LogP contribution < -0.4 is 5.32 Å². The van der Waals surface area contributed by atoms with E-state index >= 15 is 0 Å². The Morgan fingerprint density at radius 2 is 1.70 bits per heavy atom. The molecule has 3 rings (SSSR count). The van der Waals surface area contributed by atoms with Crippen molar-refractivity contribution < 1.29 is 17.6 Å². The smallest absolute Gasteiger partial charge is 0.254 e. The Morgan fingerprint density at radius 1 is 1.00 bits per heavy atom. The minimum atomic E-state index is -3.79. The number of halogens is 1. The second-order valence-corrected chi connectivity index (χ2v) is 7.95. The molecule has 1 unspecified atom stereocenters. The Hall–Kier alpha value is -3.06. The first-order valence-electron chi connectivity index (χ1n) is 8.22. The summed E-state index contributed by atoms with van der Waals surface area (Å²) in [6, 6.07) is 16.8. The summed E-state index contributed by atoms with van der Waals surface area (Å²) in [7, 11) is -3.79. The molecule has 1 N–H and O–H groups in total. The van der Waals surface area contributed by atoms with Crippen LogP contribution in [0.1, 0.15) is 21.2 Å². The SMILES string of the molecule is O=C(NCC(c1cccnc1)S(=O)(=O)c1ccccc1)c1ccccc1F. The second-order valence-electron chi connectivity index (χ2n) is 5.82. The van der Waals surface area contributed by atoms with Crippen LogP contribution in [-0.4, -0.2) is 25.9 Å². The summed E-state index contributed by atoms with van der Waals surface area (Å²) in [6.45, 7) is -0.212. The fourth-order valence-electron chi connectivity index (χ4n) is 2.67. The van der Waals surface area contributed by atoms with E-state index in [-0.39, 0.29) is 17.0 Å². The predicted molar refractivity (Wildman–Crippen MR) is 99.3 cm³/mol. The van der Waals surface area contributed by atoms with Gasteiger partial charge in [-0.25, -0.2) is 12.8 Å². The molecule has 5 nitrogen and oxygen atoms in total. The van der Waals surface area contributed by atoms with Gasteiger partial charge in [0.15, 0.2) is 9.84 Å². The Labute approximate surface area is 156 Å². The molecule has 0 radical (unpaired) electrons. The molecule has 1 aromatic heterocycles. The molecule has 0 aliphatic heterocycles. The maximum Gasteiger partial charge on any atom is 0.254 e. The molecule has 3 aromatic rings. The number of amides is 1. The third kappa shape index (κ3) is 4.20. The number of aromatic nitrogens is 1. The normalized spacial score (nSPS) is 12.3. The van der Waals surface area contributed by atoms with Gasteiger partial charge in [0.05, 0.1) is 10.5 Å². The highest BCUT2D eigenvalue weighted by Crippen LogP contribution is 2.28. The van der Waals surface area contributed by atoms with Gasteiger partial charge in [0.2, 0.25) is 0 Å². The van der Waals surface area contributed by atoms with Crippen molar-refractivity contribution in [2.75, 3.05) is 6.54 Å². The number of hydrogen-bond donors (Lipinski definition) is 1. The van der Waals surface area contributed by atoms with Gasteiger partial charge in [-0.1, -0.05) is 36.4 Å². The van der Waals surface area contributed by atoms with Gasteiger partial charge in [-0.05, 0) is 35.9 Å². The number of nitrogens with zero attached hydrogens (tertiary/aromatic N) is 1. The number of hydrogen-bond acceptors (Lipinski definition) is 4. The van der Waals surface area contributed by atoms with E-state index in [0.717, 1.165) is 0 Å². The minimum absolute atomic E-state index is 0.138. The lowest BCUT2D eigenvalue weighted by molar-refractivity contribution is 0.0949. The number of rotatable bonds is 6. The molecular formula is C20H17FN2O3S. The summed E-state index contributed by atoms with van der Waals surface area (Å²) < 4.78 is 40.0. The van der Waals surface area contributed by atoms with Gasteiger partial charge in [0, 0.05) is 18.9 Å². The summed E-state index contributed by atoms with van der Waals surface area (Å²) in [6.07, 6.45) is 2.98. The van der Waals surface area contributed by atoms with Crippen LogP contribution in [0.4, 0.5) is 4.39 Å². The Kier molecular flexibility index (Phi) is 5.61. The first-order valence-corrected chi connectivity index (χ1v) is 9.76. The highest BCUT2D eigenvalue weighted by Gasteiger charge is 2.30. The standard InChI is InChI=1S/C20H17FN2O3S/c21-18-11-5-4-10-17(18)20(24)23-14-19(15-7-6-12-22-13-15)27(25,26)16-8-2-1-3-9-16/h1-13,19H,14H2,(H,23,24). The van der Waals surface area contributed by atoms with Gasteiger partial charge in [-0.2, -0.15) is 0 Å². The van der Waals surface area contributed by atoms with E-state index in [1.807, 2.05) is 0 Å². The fraction of sp³-hybridized carbons (Fsp3) is 0.100. The van der Waals surface area contributed by atoms with Crippen molar-refractivity contribution in [2.45, 2.75) is 10.1 Å². The summed E-state index contributed by atoms with van der Waals surface area (Å²) in [5, 5.41) is 1.48. The lowest BCUT2D eigenvalue weighted by Gasteiger charge is -2.19.